The van der Waals surface area contributed by atoms with E-state index >= 15 is 0 Å². The van der Waals surface area contributed by atoms with E-state index in [9.17, 15) is 47.1 Å². The molecule has 0 spiro atoms. The number of carbonyl (C=O) groups is 8. The summed E-state index contributed by atoms with van der Waals surface area (Å²) >= 11 is 29.1. The minimum atomic E-state index is -0.587. The highest BCUT2D eigenvalue weighted by Crippen LogP contribution is 2.72. The van der Waals surface area contributed by atoms with Gasteiger partial charge in [0.25, 0.3) is 23.6 Å². The molecule has 608 valence electrons. The minimum Gasteiger partial charge on any atom is -0.486 e. The summed E-state index contributed by atoms with van der Waals surface area (Å²) in [6.07, 6.45) is 17.3. The Bertz CT molecular complexity index is 5160. The Labute approximate surface area is 700 Å². The van der Waals surface area contributed by atoms with E-state index in [4.69, 9.17) is 81.4 Å². The maximum Gasteiger partial charge on any atom is 0.289 e. The Morgan fingerprint density at radius 3 is 1.38 bits per heavy atom. The largest absolute Gasteiger partial charge is 0.486 e. The summed E-state index contributed by atoms with van der Waals surface area (Å²) in [5.41, 5.74) is 5.78. The van der Waals surface area contributed by atoms with Crippen LogP contribution < -0.4 is 40.2 Å². The van der Waals surface area contributed by atoms with Crippen molar-refractivity contribution in [2.45, 2.75) is 159 Å². The van der Waals surface area contributed by atoms with Crippen LogP contribution in [0.1, 0.15) is 174 Å². The molecule has 12 fully saturated rings. The Morgan fingerprint density at radius 2 is 0.872 bits per heavy atom. The van der Waals surface area contributed by atoms with E-state index in [-0.39, 0.29) is 144 Å². The number of halogens is 7. The van der Waals surface area contributed by atoms with Crippen molar-refractivity contribution in [3.8, 4) is 34.5 Å². The van der Waals surface area contributed by atoms with Crippen LogP contribution in [0, 0.1) is 54.1 Å². The molecule has 21 rings (SSSR count). The van der Waals surface area contributed by atoms with Gasteiger partial charge in [0.1, 0.15) is 46.9 Å². The lowest BCUT2D eigenvalue weighted by Crippen LogP contribution is -2.75. The topological polar surface area (TPSA) is 273 Å². The average Bonchev–Trinajstić information content (AvgIpc) is 1.17. The molecule has 6 aromatic carbocycles. The van der Waals surface area contributed by atoms with Gasteiger partial charge >= 0.3 is 0 Å². The van der Waals surface area contributed by atoms with E-state index in [2.05, 4.69) is 36.2 Å². The van der Waals surface area contributed by atoms with Crippen LogP contribution in [0.3, 0.4) is 0 Å². The zero-order chi connectivity index (χ0) is 82.9. The van der Waals surface area contributed by atoms with E-state index in [1.165, 1.54) is 30.5 Å². The number of rotatable bonds is 30. The van der Waals surface area contributed by atoms with Crippen LogP contribution in [0.2, 0.25) is 25.1 Å². The van der Waals surface area contributed by atoms with Crippen LogP contribution in [0.25, 0.3) is 11.5 Å². The van der Waals surface area contributed by atoms with E-state index in [1.807, 2.05) is 107 Å². The lowest BCUT2D eigenvalue weighted by molar-refractivity contribution is -0.165. The number of aryl methyl sites for hydroxylation is 4. The Kier molecular flexibility index (Phi) is 24.0. The van der Waals surface area contributed by atoms with Crippen molar-refractivity contribution in [2.24, 2.45) is 21.7 Å². The number of benzene rings is 6. The molecule has 0 saturated heterocycles. The second kappa shape index (κ2) is 33.7. The number of nitrogens with zero attached hydrogens (tertiary/aromatic N) is 3. The molecule has 12 saturated carbocycles. The van der Waals surface area contributed by atoms with Gasteiger partial charge in [-0.15, -0.1) is 0 Å². The molecular formula is C90H86Cl5F2N7O13. The molecule has 20 nitrogen and oxygen atoms in total. The third-order valence-corrected chi connectivity index (χ3v) is 25.4. The smallest absolute Gasteiger partial charge is 0.289 e. The fourth-order valence-corrected chi connectivity index (χ4v) is 19.6. The number of hydrogen-bond donors (Lipinski definition) is 4. The zero-order valence-electron chi connectivity index (χ0n) is 64.8. The standard InChI is InChI=1S/C25H23ClN2O4.C22H22ClFN2O3.C22H21ClFNO3.C21H20Cl2N2O3/c1-16-9-19(7-8-20(16)26)31-12-18(29)10-24-13-25(14-24,15-24)28-22(30)21-11-27-23(32-21)17-5-3-2-4-6-17;1-2-15-7-14(5-6-25-15)19(27)9-21-11-22(12-21,13-21)26-20(28)10-29-16-3-4-17(23)18(24)8-16;1-14-4-2-3-5-16(14)19(26)9-21-11-22(12-21,13-21)25-20(27)10-28-15-6-7-17(23)18(24)8-15;1-13-3-2-6-24-19(13)17(26)8-20-10-21(11-20,12-20)25-18(27)9-28-14-4-5-15(22)16(23)7-14/h2-9,11H,10,12-15H2,1H3,(H,28,30);3-8H,2,9-13H2,1H3,(H,26,28);2-8H,9-13H2,1H3,(H,25,27);2-7H,8-12H2,1H3,(H,25,27). The maximum absolute atomic E-state index is 13.4. The van der Waals surface area contributed by atoms with Crippen LogP contribution in [-0.4, -0.2) is 110 Å². The van der Waals surface area contributed by atoms with E-state index in [1.54, 1.807) is 48.8 Å². The number of pyridine rings is 2. The van der Waals surface area contributed by atoms with Gasteiger partial charge in [0, 0.05) is 106 Å². The minimum absolute atomic E-state index is 0.000175. The van der Waals surface area contributed by atoms with Gasteiger partial charge in [0.05, 0.1) is 26.3 Å². The molecule has 4 amide bonds. The van der Waals surface area contributed by atoms with Gasteiger partial charge < -0.3 is 44.6 Å². The fourth-order valence-electron chi connectivity index (χ4n) is 19.0. The second-order valence-electron chi connectivity index (χ2n) is 33.4. The second-order valence-corrected chi connectivity index (χ2v) is 35.5. The van der Waals surface area contributed by atoms with Crippen LogP contribution in [0.15, 0.2) is 175 Å². The number of Topliss-reactive ketones (excluding diaryl/α,β-unsaturated/α-hetero) is 4. The van der Waals surface area contributed by atoms with Crippen molar-refractivity contribution >= 4 is 105 Å². The summed E-state index contributed by atoms with van der Waals surface area (Å²) in [7, 11) is 0. The van der Waals surface area contributed by atoms with Gasteiger partial charge in [-0.3, -0.25) is 48.3 Å². The van der Waals surface area contributed by atoms with Gasteiger partial charge in [-0.2, -0.15) is 0 Å². The lowest BCUT2D eigenvalue weighted by atomic mass is 9.38. The third kappa shape index (κ3) is 19.1. The first-order valence-corrected chi connectivity index (χ1v) is 40.6. The number of ether oxygens (including phenoxy) is 4. The van der Waals surface area contributed by atoms with Gasteiger partial charge in [0.15, 0.2) is 43.0 Å². The number of ketones is 4. The third-order valence-electron chi connectivity index (χ3n) is 23.6. The molecule has 0 aliphatic heterocycles. The van der Waals surface area contributed by atoms with E-state index in [0.29, 0.717) is 69.4 Å². The van der Waals surface area contributed by atoms with Crippen molar-refractivity contribution in [3.63, 3.8) is 0 Å². The molecule has 9 aromatic rings. The van der Waals surface area contributed by atoms with Gasteiger partial charge in [-0.05, 0) is 228 Å². The summed E-state index contributed by atoms with van der Waals surface area (Å²) < 4.78 is 54.2. The van der Waals surface area contributed by atoms with Crippen molar-refractivity contribution in [2.75, 3.05) is 26.4 Å². The molecule has 0 radical (unpaired) electrons. The molecule has 0 atom stereocenters. The molecular weight excluding hydrogens is 1600 g/mol. The van der Waals surface area contributed by atoms with Crippen molar-refractivity contribution in [3.05, 3.63) is 252 Å². The first-order chi connectivity index (χ1) is 55.8. The number of aromatic nitrogens is 3. The van der Waals surface area contributed by atoms with Crippen molar-refractivity contribution in [1.82, 2.24) is 36.2 Å². The van der Waals surface area contributed by atoms with Gasteiger partial charge in [-0.1, -0.05) is 113 Å². The molecule has 12 aliphatic carbocycles. The number of nitrogens with one attached hydrogen (secondary N) is 4. The van der Waals surface area contributed by atoms with E-state index in [0.717, 1.165) is 129 Å². The SMILES string of the molecule is CCc1cc(C(=O)CC23CC(NC(=O)COc4ccc(Cl)c(F)c4)(C2)C3)ccn1.Cc1cc(OCC(=O)CC23CC(NC(=O)c4cnc(-c5ccccc5)o4)(C2)C3)ccc1Cl.Cc1ccccc1C(=O)CC12CC(NC(=O)COc3ccc(Cl)c(F)c3)(C1)C2.Cc1cccnc1C(=O)CC12CC(NC(=O)COc3ccc(Cl)c(Cl)c3)(C1)C2. The Balaban J connectivity index is 0.000000129. The molecule has 117 heavy (non-hydrogen) atoms. The number of hydrogen-bond acceptors (Lipinski definition) is 16. The van der Waals surface area contributed by atoms with Crippen molar-refractivity contribution in [1.29, 1.82) is 0 Å². The molecule has 4 N–H and O–H groups in total. The van der Waals surface area contributed by atoms with Gasteiger partial charge in [0.2, 0.25) is 11.7 Å². The highest BCUT2D eigenvalue weighted by atomic mass is 35.5. The number of oxazole rings is 1. The summed E-state index contributed by atoms with van der Waals surface area (Å²) in [4.78, 5) is 112. The van der Waals surface area contributed by atoms with Gasteiger partial charge in [-0.25, -0.2) is 13.8 Å². The maximum atomic E-state index is 13.4. The summed E-state index contributed by atoms with van der Waals surface area (Å²) in [6, 6.07) is 42.8. The molecule has 8 bridgehead atoms. The Morgan fingerprint density at radius 1 is 0.419 bits per heavy atom. The number of amides is 4. The molecule has 3 aromatic heterocycles. The van der Waals surface area contributed by atoms with Crippen LogP contribution >= 0.6 is 58.0 Å². The summed E-state index contributed by atoms with van der Waals surface area (Å²) in [5.74, 6) is 0.634. The normalized spacial score (nSPS) is 24.1. The monoisotopic (exact) mass is 1690 g/mol. The van der Waals surface area contributed by atoms with Crippen LogP contribution in [0.4, 0.5) is 8.78 Å². The molecule has 27 heteroatoms. The summed E-state index contributed by atoms with van der Waals surface area (Å²) in [5, 5.41) is 13.7. The predicted octanol–water partition coefficient (Wildman–Crippen LogP) is 18.0. The van der Waals surface area contributed by atoms with Crippen LogP contribution in [0.5, 0.6) is 23.0 Å². The molecule has 3 heterocycles. The molecule has 12 aliphatic rings. The average molecular weight is 1690 g/mol. The van der Waals surface area contributed by atoms with Crippen LogP contribution in [-0.2, 0) is 25.6 Å². The van der Waals surface area contributed by atoms with Crippen molar-refractivity contribution < 1.29 is 70.5 Å². The van der Waals surface area contributed by atoms with E-state index < -0.39 is 11.6 Å². The Hall–Kier alpha value is -10.1. The molecule has 0 unspecified atom stereocenters. The predicted molar refractivity (Wildman–Crippen MR) is 438 cm³/mol. The first-order valence-electron chi connectivity index (χ1n) is 38.7. The summed E-state index contributed by atoms with van der Waals surface area (Å²) in [6.45, 7) is 7.34. The quantitative estimate of drug-likeness (QED) is 0.0305. The first kappa shape index (κ1) is 83.4. The lowest BCUT2D eigenvalue weighted by Gasteiger charge is -2.70. The number of carbonyl (C=O) groups excluding carboxylic acids is 8. The fraction of sp³-hybridized carbons (Fsp3) is 0.367. The highest BCUT2D eigenvalue weighted by molar-refractivity contribution is 6.42. The highest BCUT2D eigenvalue weighted by Gasteiger charge is 2.71. The zero-order valence-corrected chi connectivity index (χ0v) is 68.6.